The number of nitrogens with one attached hydrogen (secondary N) is 2. The Morgan fingerprint density at radius 2 is 0.800 bits per heavy atom. The van der Waals surface area contributed by atoms with Crippen LogP contribution in [0.2, 0.25) is 0 Å². The van der Waals surface area contributed by atoms with Gasteiger partial charge in [-0.05, 0) is 147 Å². The van der Waals surface area contributed by atoms with Gasteiger partial charge in [-0.3, -0.25) is 0 Å². The molecule has 0 fully saturated rings. The summed E-state index contributed by atoms with van der Waals surface area (Å²) in [5.41, 5.74) is 0.0277. The lowest BCUT2D eigenvalue weighted by Crippen LogP contribution is -2.45. The zero-order valence-corrected chi connectivity index (χ0v) is 44.3. The molecular weight excluding hydrogens is 901 g/mol. The molecule has 2 aromatic carbocycles. The fourth-order valence-electron chi connectivity index (χ4n) is 5.87. The van der Waals surface area contributed by atoms with E-state index in [4.69, 9.17) is 37.9 Å². The Labute approximate surface area is 416 Å². The van der Waals surface area contributed by atoms with E-state index >= 15 is 0 Å². The van der Waals surface area contributed by atoms with Crippen LogP contribution in [0.4, 0.5) is 9.59 Å². The predicted molar refractivity (Wildman–Crippen MR) is 267 cm³/mol. The van der Waals surface area contributed by atoms with Gasteiger partial charge in [0.2, 0.25) is 0 Å². The molecule has 392 valence electrons. The Morgan fingerprint density at radius 1 is 0.486 bits per heavy atom. The van der Waals surface area contributed by atoms with Crippen molar-refractivity contribution in [2.45, 2.75) is 183 Å². The lowest BCUT2D eigenvalue weighted by Gasteiger charge is -2.26. The fourth-order valence-corrected chi connectivity index (χ4v) is 5.87. The van der Waals surface area contributed by atoms with Crippen LogP contribution in [0, 0.1) is 0 Å². The minimum absolute atomic E-state index is 0.0488. The van der Waals surface area contributed by atoms with Gasteiger partial charge >= 0.3 is 36.1 Å². The van der Waals surface area contributed by atoms with E-state index in [1.807, 2.05) is 60.7 Å². The van der Waals surface area contributed by atoms with Gasteiger partial charge in [0.05, 0.1) is 26.4 Å². The van der Waals surface area contributed by atoms with Crippen molar-refractivity contribution in [1.29, 1.82) is 0 Å². The highest BCUT2D eigenvalue weighted by Crippen LogP contribution is 2.18. The molecule has 0 aliphatic rings. The average molecular weight is 983 g/mol. The summed E-state index contributed by atoms with van der Waals surface area (Å²) in [5, 5.41) is 5.12. The molecule has 0 aromatic heterocycles. The second-order valence-electron chi connectivity index (χ2n) is 20.1. The number of esters is 4. The van der Waals surface area contributed by atoms with E-state index in [0.29, 0.717) is 63.3 Å². The lowest BCUT2D eigenvalue weighted by molar-refractivity contribution is -0.158. The van der Waals surface area contributed by atoms with Gasteiger partial charge in [-0.2, -0.15) is 0 Å². The Morgan fingerprint density at radius 3 is 1.09 bits per heavy atom. The van der Waals surface area contributed by atoms with Crippen molar-refractivity contribution in [3.63, 3.8) is 0 Å². The summed E-state index contributed by atoms with van der Waals surface area (Å²) in [7, 11) is 0. The van der Waals surface area contributed by atoms with Gasteiger partial charge in [0, 0.05) is 24.4 Å². The average Bonchev–Trinajstić information content (AvgIpc) is 3.23. The molecule has 0 aliphatic carbocycles. The molecule has 16 nitrogen and oxygen atoms in total. The first-order valence-electron chi connectivity index (χ1n) is 24.0. The van der Waals surface area contributed by atoms with Crippen molar-refractivity contribution in [1.82, 2.24) is 10.6 Å². The molecule has 0 saturated carbocycles. The molecule has 0 radical (unpaired) electrons. The smallest absolute Gasteiger partial charge is 0.408 e. The molecule has 0 spiro atoms. The van der Waals surface area contributed by atoms with Gasteiger partial charge in [-0.25, -0.2) is 28.8 Å². The number of benzene rings is 2. The minimum atomic E-state index is -1.03. The molecule has 2 rings (SSSR count). The van der Waals surface area contributed by atoms with E-state index < -0.39 is 70.6 Å². The second-order valence-corrected chi connectivity index (χ2v) is 20.1. The van der Waals surface area contributed by atoms with E-state index in [0.717, 1.165) is 11.1 Å². The summed E-state index contributed by atoms with van der Waals surface area (Å²) in [6.07, 6.45) is 3.83. The Hall–Kier alpha value is -5.74. The first kappa shape index (κ1) is 62.3. The summed E-state index contributed by atoms with van der Waals surface area (Å²) in [4.78, 5) is 75.1. The van der Waals surface area contributed by atoms with Crippen LogP contribution in [-0.4, -0.2) is 97.0 Å². The summed E-state index contributed by atoms with van der Waals surface area (Å²) in [6, 6.07) is 17.6. The Kier molecular flexibility index (Phi) is 28.0. The standard InChI is InChI=1S/2C27H41NO7/c2*1-8-33-23(29)21(15-12-18-32-19-20-13-10-9-11-14-20)16-17-22(24(30)34-26(2,3)4)28-25(31)35-27(5,6)7/h2*9-11,13-14,16,22H,8,12,15,17-19H2,1-7H3,(H,28,31)/b21-16+;21-16-/t2*22-/m00/s1. The number of carbonyl (C=O) groups excluding carboxylic acids is 6. The molecule has 0 saturated heterocycles. The highest BCUT2D eigenvalue weighted by atomic mass is 16.6. The van der Waals surface area contributed by atoms with Crippen LogP contribution >= 0.6 is 0 Å². The maximum atomic E-state index is 12.7. The first-order valence-corrected chi connectivity index (χ1v) is 24.0. The van der Waals surface area contributed by atoms with Crippen molar-refractivity contribution >= 4 is 36.1 Å². The Bertz CT molecular complexity index is 1810. The molecule has 2 aromatic rings. The van der Waals surface area contributed by atoms with Crippen LogP contribution in [0.3, 0.4) is 0 Å². The molecule has 2 amide bonds. The fraction of sp³-hybridized carbons (Fsp3) is 0.593. The summed E-state index contributed by atoms with van der Waals surface area (Å²) in [5.74, 6) is -2.16. The Balaban J connectivity index is 0.000000700. The van der Waals surface area contributed by atoms with Crippen LogP contribution in [0.1, 0.15) is 147 Å². The number of carbonyl (C=O) groups is 6. The van der Waals surface area contributed by atoms with Crippen molar-refractivity contribution in [2.75, 3.05) is 26.4 Å². The number of hydrogen-bond donors (Lipinski definition) is 2. The third-order valence-electron chi connectivity index (χ3n) is 8.73. The monoisotopic (exact) mass is 983 g/mol. The van der Waals surface area contributed by atoms with Crippen molar-refractivity contribution in [3.8, 4) is 0 Å². The first-order chi connectivity index (χ1) is 32.6. The molecule has 70 heavy (non-hydrogen) atoms. The van der Waals surface area contributed by atoms with Crippen molar-refractivity contribution in [2.24, 2.45) is 0 Å². The van der Waals surface area contributed by atoms with E-state index in [1.165, 1.54) is 0 Å². The SMILES string of the molecule is CCOC(=O)/C(=C/C[C@H](NC(=O)OC(C)(C)C)C(=O)OC(C)(C)C)CCCOCc1ccccc1.CCOC(=O)/C(=C\C[C@H](NC(=O)OC(C)(C)C)C(=O)OC(C)(C)C)CCCOCc1ccccc1. The number of hydrogen-bond acceptors (Lipinski definition) is 14. The van der Waals surface area contributed by atoms with E-state index in [2.05, 4.69) is 10.6 Å². The van der Waals surface area contributed by atoms with Gasteiger partial charge in [0.15, 0.2) is 0 Å². The predicted octanol–water partition coefficient (Wildman–Crippen LogP) is 10.2. The summed E-state index contributed by atoms with van der Waals surface area (Å²) in [6.45, 7) is 26.6. The molecule has 0 unspecified atom stereocenters. The maximum Gasteiger partial charge on any atom is 0.408 e. The summed E-state index contributed by atoms with van der Waals surface area (Å²) < 4.78 is 43.2. The van der Waals surface area contributed by atoms with Crippen LogP contribution < -0.4 is 10.6 Å². The minimum Gasteiger partial charge on any atom is -0.463 e. The molecule has 0 aliphatic heterocycles. The summed E-state index contributed by atoms with van der Waals surface area (Å²) >= 11 is 0. The van der Waals surface area contributed by atoms with Crippen molar-refractivity contribution in [3.05, 3.63) is 95.1 Å². The van der Waals surface area contributed by atoms with E-state index in [1.54, 1.807) is 109 Å². The van der Waals surface area contributed by atoms with Crippen molar-refractivity contribution < 1.29 is 66.7 Å². The zero-order chi connectivity index (χ0) is 53.0. The number of rotatable bonds is 24. The maximum absolute atomic E-state index is 12.7. The number of ether oxygens (including phenoxy) is 8. The van der Waals surface area contributed by atoms with Gasteiger partial charge in [-0.1, -0.05) is 72.8 Å². The largest absolute Gasteiger partial charge is 0.463 e. The number of alkyl carbamates (subject to hydrolysis) is 2. The molecule has 2 N–H and O–H groups in total. The van der Waals surface area contributed by atoms with Gasteiger partial charge in [0.25, 0.3) is 0 Å². The molecule has 2 atom stereocenters. The molecular formula is C54H82N2O14. The topological polar surface area (TPSA) is 200 Å². The van der Waals surface area contributed by atoms with Crippen LogP contribution in [0.15, 0.2) is 84.0 Å². The molecule has 0 heterocycles. The zero-order valence-electron chi connectivity index (χ0n) is 44.3. The van der Waals surface area contributed by atoms with Crippen LogP contribution in [0.5, 0.6) is 0 Å². The number of amides is 2. The van der Waals surface area contributed by atoms with Crippen LogP contribution in [-0.2, 0) is 70.3 Å². The molecule has 16 heteroatoms. The third kappa shape index (κ3) is 31.4. The third-order valence-corrected chi connectivity index (χ3v) is 8.73. The second kappa shape index (κ2) is 31.5. The highest BCUT2D eigenvalue weighted by Gasteiger charge is 2.30. The quantitative estimate of drug-likeness (QED) is 0.0436. The normalized spacial score (nSPS) is 13.1. The van der Waals surface area contributed by atoms with Gasteiger partial charge in [0.1, 0.15) is 34.5 Å². The molecule has 0 bridgehead atoms. The van der Waals surface area contributed by atoms with E-state index in [9.17, 15) is 28.8 Å². The van der Waals surface area contributed by atoms with Gasteiger partial charge in [-0.15, -0.1) is 0 Å². The van der Waals surface area contributed by atoms with E-state index in [-0.39, 0.29) is 26.1 Å². The highest BCUT2D eigenvalue weighted by molar-refractivity contribution is 5.89. The van der Waals surface area contributed by atoms with Crippen LogP contribution in [0.25, 0.3) is 0 Å². The lowest BCUT2D eigenvalue weighted by atomic mass is 10.1. The van der Waals surface area contributed by atoms with Gasteiger partial charge < -0.3 is 48.5 Å².